The normalized spacial score (nSPS) is 31.6. The van der Waals surface area contributed by atoms with Crippen LogP contribution < -0.4 is 0 Å². The summed E-state index contributed by atoms with van der Waals surface area (Å²) in [7, 11) is 0.582. The van der Waals surface area contributed by atoms with Gasteiger partial charge in [0.2, 0.25) is 0 Å². The van der Waals surface area contributed by atoms with E-state index in [2.05, 4.69) is 4.74 Å². The predicted molar refractivity (Wildman–Crippen MR) is 87.4 cm³/mol. The smallest absolute Gasteiger partial charge is 0.307 e. The molecular formula is C15H29ClN2O4. The minimum Gasteiger partial charge on any atom is -0.481 e. The number of hydrogen-bond acceptors (Lipinski definition) is 5. The number of nitrogens with zero attached hydrogens (tertiary/aromatic N) is 2. The summed E-state index contributed by atoms with van der Waals surface area (Å²) in [6, 6.07) is -1.07. The van der Waals surface area contributed by atoms with Crippen LogP contribution in [-0.2, 0) is 14.3 Å². The lowest BCUT2D eigenvalue weighted by Crippen LogP contribution is -2.27. The lowest BCUT2D eigenvalue weighted by Gasteiger charge is -2.17. The van der Waals surface area contributed by atoms with E-state index < -0.39 is 43.8 Å². The van der Waals surface area contributed by atoms with Gasteiger partial charge in [0.1, 0.15) is 0 Å². The van der Waals surface area contributed by atoms with Gasteiger partial charge in [0.15, 0.2) is 0 Å². The number of likely N-dealkylation sites (tertiary alicyclic amines) is 2. The van der Waals surface area contributed by atoms with Crippen molar-refractivity contribution in [1.29, 1.82) is 0 Å². The molecule has 2 aliphatic rings. The van der Waals surface area contributed by atoms with Crippen molar-refractivity contribution in [3.63, 3.8) is 0 Å². The molecule has 0 aromatic heterocycles. The minimum atomic E-state index is -2.89. The van der Waals surface area contributed by atoms with Crippen LogP contribution in [0.25, 0.3) is 0 Å². The van der Waals surface area contributed by atoms with E-state index >= 15 is 0 Å². The Hall–Kier alpha value is -0.850. The molecule has 2 rings (SSSR count). The molecule has 0 unspecified atom stereocenters. The lowest BCUT2D eigenvalue weighted by molar-refractivity contribution is -0.141. The molecule has 2 heterocycles. The van der Waals surface area contributed by atoms with Crippen molar-refractivity contribution in [3.05, 3.63) is 0 Å². The third kappa shape index (κ3) is 7.42. The van der Waals surface area contributed by atoms with Crippen molar-refractivity contribution in [2.24, 2.45) is 0 Å². The number of carboxylic acid groups (broad SMARTS) is 1. The highest BCUT2D eigenvalue weighted by Crippen LogP contribution is 2.18. The average Bonchev–Trinajstić information content (AvgIpc) is 3.14. The first kappa shape index (κ1) is 11.6. The van der Waals surface area contributed by atoms with Gasteiger partial charge in [0.25, 0.3) is 0 Å². The van der Waals surface area contributed by atoms with Gasteiger partial charge in [-0.2, -0.15) is 0 Å². The fraction of sp³-hybridized carbons (Fsp3) is 0.867. The molecule has 130 valence electrons. The summed E-state index contributed by atoms with van der Waals surface area (Å²) in [4.78, 5) is 25.5. The number of ether oxygens (including phenoxy) is 1. The largest absolute Gasteiger partial charge is 0.481 e. The SMILES string of the molecule is Cl.[2H]C([2H])(C(=O)O)[C@H]1CCCN1C.[2H]C([2H])([2H])OC(=O)C([2H])([2H])[C@H]1CCCN1C. The third-order valence-corrected chi connectivity index (χ3v) is 3.71. The van der Waals surface area contributed by atoms with Gasteiger partial charge in [-0.25, -0.2) is 0 Å². The number of aliphatic carboxylic acids is 1. The van der Waals surface area contributed by atoms with Crippen molar-refractivity contribution in [3.8, 4) is 0 Å². The first-order valence-corrected chi connectivity index (χ1v) is 6.98. The zero-order chi connectivity index (χ0) is 21.9. The Bertz CT molecular complexity index is 577. The van der Waals surface area contributed by atoms with Crippen LogP contribution in [0.5, 0.6) is 0 Å². The zero-order valence-electron chi connectivity index (χ0n) is 19.9. The third-order valence-electron chi connectivity index (χ3n) is 3.71. The standard InChI is InChI=1S/C8H15NO2.C7H13NO2.ClH/c1-9-5-3-4-7(9)6-8(10)11-2;1-8-4-2-3-6(8)5-7(9)10;/h7H,3-6H2,1-2H3;6H,2-5H2,1H3,(H,9,10);1H/t7-;6-;/m11./s1/i2D3,6D2;5D2;. The van der Waals surface area contributed by atoms with Crippen molar-refractivity contribution in [1.82, 2.24) is 9.80 Å². The molecule has 0 bridgehead atoms. The summed E-state index contributed by atoms with van der Waals surface area (Å²) in [5.41, 5.74) is 0. The van der Waals surface area contributed by atoms with Crippen molar-refractivity contribution < 1.29 is 29.0 Å². The topological polar surface area (TPSA) is 70.1 Å². The van der Waals surface area contributed by atoms with Crippen molar-refractivity contribution in [2.75, 3.05) is 34.2 Å². The first-order valence-electron chi connectivity index (χ1n) is 10.5. The van der Waals surface area contributed by atoms with Gasteiger partial charge in [-0.3, -0.25) is 9.59 Å². The van der Waals surface area contributed by atoms with Gasteiger partial charge in [0, 0.05) is 17.6 Å². The first-order chi connectivity index (χ1) is 12.6. The van der Waals surface area contributed by atoms with E-state index in [1.165, 1.54) is 0 Å². The Morgan fingerprint density at radius 2 is 1.68 bits per heavy atom. The molecule has 0 saturated carbocycles. The fourth-order valence-corrected chi connectivity index (χ4v) is 2.49. The number of rotatable bonds is 4. The van der Waals surface area contributed by atoms with Crippen molar-refractivity contribution >= 4 is 24.3 Å². The Balaban J connectivity index is 0.000000542. The Kier molecular flexibility index (Phi) is 5.72. The second-order valence-electron chi connectivity index (χ2n) is 5.26. The molecule has 2 atom stereocenters. The van der Waals surface area contributed by atoms with Crippen LogP contribution in [-0.4, -0.2) is 73.2 Å². The minimum absolute atomic E-state index is 0. The highest BCUT2D eigenvalue weighted by Gasteiger charge is 2.23. The number of methoxy groups -OCH3 is 1. The maximum absolute atomic E-state index is 11.4. The van der Waals surface area contributed by atoms with E-state index in [0.29, 0.717) is 19.4 Å². The van der Waals surface area contributed by atoms with Gasteiger partial charge in [-0.15, -0.1) is 12.4 Å². The quantitative estimate of drug-likeness (QED) is 0.782. The molecule has 0 amide bonds. The van der Waals surface area contributed by atoms with Crippen LogP contribution in [0.15, 0.2) is 0 Å². The van der Waals surface area contributed by atoms with Gasteiger partial charge < -0.3 is 19.6 Å². The zero-order valence-corrected chi connectivity index (χ0v) is 13.7. The van der Waals surface area contributed by atoms with Gasteiger partial charge in [-0.1, -0.05) is 0 Å². The monoisotopic (exact) mass is 343 g/mol. The molecule has 6 nitrogen and oxygen atoms in total. The van der Waals surface area contributed by atoms with E-state index in [1.807, 2.05) is 0 Å². The van der Waals surface area contributed by atoms with Crippen LogP contribution in [0, 0.1) is 0 Å². The number of halogens is 1. The molecule has 2 saturated heterocycles. The van der Waals surface area contributed by atoms with Gasteiger partial charge in [-0.05, 0) is 52.9 Å². The summed E-state index contributed by atoms with van der Waals surface area (Å²) in [6.07, 6.45) is -1.55. The second-order valence-corrected chi connectivity index (χ2v) is 5.26. The van der Waals surface area contributed by atoms with E-state index in [-0.39, 0.29) is 12.4 Å². The molecular weight excluding hydrogens is 308 g/mol. The highest BCUT2D eigenvalue weighted by atomic mass is 35.5. The molecule has 1 N–H and O–H groups in total. The fourth-order valence-electron chi connectivity index (χ4n) is 2.49. The van der Waals surface area contributed by atoms with E-state index in [1.54, 1.807) is 23.9 Å². The molecule has 7 heteroatoms. The van der Waals surface area contributed by atoms with Crippen LogP contribution in [0.3, 0.4) is 0 Å². The van der Waals surface area contributed by atoms with E-state index in [9.17, 15) is 9.59 Å². The Morgan fingerprint density at radius 3 is 2.05 bits per heavy atom. The van der Waals surface area contributed by atoms with Crippen LogP contribution in [0.2, 0.25) is 0 Å². The maximum atomic E-state index is 11.4. The van der Waals surface area contributed by atoms with Crippen LogP contribution >= 0.6 is 12.4 Å². The lowest BCUT2D eigenvalue weighted by atomic mass is 10.1. The number of carbonyl (C=O) groups excluding carboxylic acids is 1. The molecule has 0 spiro atoms. The molecule has 0 aromatic rings. The number of esters is 1. The van der Waals surface area contributed by atoms with E-state index in [4.69, 9.17) is 14.7 Å². The van der Waals surface area contributed by atoms with Crippen LogP contribution in [0.1, 0.15) is 48.0 Å². The second kappa shape index (κ2) is 10.8. The highest BCUT2D eigenvalue weighted by molar-refractivity contribution is 5.85. The molecule has 0 aliphatic carbocycles. The molecule has 2 fully saturated rings. The van der Waals surface area contributed by atoms with Gasteiger partial charge >= 0.3 is 11.9 Å². The van der Waals surface area contributed by atoms with Crippen LogP contribution in [0.4, 0.5) is 0 Å². The van der Waals surface area contributed by atoms with E-state index in [0.717, 1.165) is 19.4 Å². The summed E-state index contributed by atoms with van der Waals surface area (Å²) >= 11 is 0. The molecule has 22 heavy (non-hydrogen) atoms. The Labute approximate surface area is 149 Å². The van der Waals surface area contributed by atoms with Gasteiger partial charge in [0.05, 0.1) is 23.9 Å². The molecule has 2 aliphatic heterocycles. The molecule has 0 aromatic carbocycles. The summed E-state index contributed by atoms with van der Waals surface area (Å²) in [6.45, 7) is 1.49. The predicted octanol–water partition coefficient (Wildman–Crippen LogP) is 1.62. The number of carbonyl (C=O) groups is 2. The van der Waals surface area contributed by atoms with Crippen molar-refractivity contribution in [2.45, 2.75) is 50.5 Å². The average molecular weight is 344 g/mol. The number of carboxylic acids is 1. The summed E-state index contributed by atoms with van der Waals surface area (Å²) in [5, 5.41) is 8.62. The maximum Gasteiger partial charge on any atom is 0.307 e. The molecule has 0 radical (unpaired) electrons. The Morgan fingerprint density at radius 1 is 1.18 bits per heavy atom. The number of hydrogen-bond donors (Lipinski definition) is 1. The summed E-state index contributed by atoms with van der Waals surface area (Å²) in [5.74, 6) is -2.67. The summed E-state index contributed by atoms with van der Waals surface area (Å²) < 4.78 is 54.4.